The maximum atomic E-state index is 12.1. The summed E-state index contributed by atoms with van der Waals surface area (Å²) in [4.78, 5) is 27.2. The van der Waals surface area contributed by atoms with Crippen LogP contribution in [0.5, 0.6) is 17.2 Å². The SMILES string of the molecule is COC(=O)c1c(C)[nH]c2ccc(OC(=O)COc3ccccc3OC)cc12. The molecule has 1 aromatic heterocycles. The van der Waals surface area contributed by atoms with Gasteiger partial charge in [-0.1, -0.05) is 12.1 Å². The van der Waals surface area contributed by atoms with E-state index in [1.54, 1.807) is 49.4 Å². The second-order valence-corrected chi connectivity index (χ2v) is 5.74. The van der Waals surface area contributed by atoms with Crippen LogP contribution < -0.4 is 14.2 Å². The molecule has 0 radical (unpaired) electrons. The Morgan fingerprint density at radius 1 is 1.04 bits per heavy atom. The zero-order chi connectivity index (χ0) is 19.4. The first-order valence-electron chi connectivity index (χ1n) is 8.20. The van der Waals surface area contributed by atoms with Crippen LogP contribution in [0.3, 0.4) is 0 Å². The van der Waals surface area contributed by atoms with E-state index in [-0.39, 0.29) is 6.61 Å². The Balaban J connectivity index is 1.74. The summed E-state index contributed by atoms with van der Waals surface area (Å²) in [5, 5.41) is 0.621. The van der Waals surface area contributed by atoms with Gasteiger partial charge in [0, 0.05) is 16.6 Å². The van der Waals surface area contributed by atoms with Gasteiger partial charge in [-0.25, -0.2) is 9.59 Å². The molecule has 0 bridgehead atoms. The molecular formula is C20H19NO6. The average molecular weight is 369 g/mol. The van der Waals surface area contributed by atoms with Crippen LogP contribution in [-0.4, -0.2) is 37.7 Å². The molecule has 0 saturated heterocycles. The highest BCUT2D eigenvalue weighted by Crippen LogP contribution is 2.28. The number of para-hydroxylation sites is 2. The largest absolute Gasteiger partial charge is 0.493 e. The number of H-pyrrole nitrogens is 1. The van der Waals surface area contributed by atoms with E-state index in [0.717, 1.165) is 5.52 Å². The van der Waals surface area contributed by atoms with Crippen LogP contribution in [-0.2, 0) is 9.53 Å². The van der Waals surface area contributed by atoms with E-state index in [4.69, 9.17) is 18.9 Å². The smallest absolute Gasteiger partial charge is 0.349 e. The molecule has 0 aliphatic heterocycles. The minimum atomic E-state index is -0.577. The second kappa shape index (κ2) is 7.82. The molecule has 0 aliphatic rings. The minimum absolute atomic E-state index is 0.283. The van der Waals surface area contributed by atoms with Crippen LogP contribution in [0.2, 0.25) is 0 Å². The lowest BCUT2D eigenvalue weighted by atomic mass is 10.1. The van der Waals surface area contributed by atoms with Crippen molar-refractivity contribution >= 4 is 22.8 Å². The van der Waals surface area contributed by atoms with Gasteiger partial charge >= 0.3 is 11.9 Å². The van der Waals surface area contributed by atoms with Crippen molar-refractivity contribution in [1.29, 1.82) is 0 Å². The zero-order valence-electron chi connectivity index (χ0n) is 15.2. The molecule has 140 valence electrons. The Hall–Kier alpha value is -3.48. The number of carbonyl (C=O) groups excluding carboxylic acids is 2. The Bertz CT molecular complexity index is 991. The number of carbonyl (C=O) groups is 2. The number of rotatable bonds is 6. The number of aromatic nitrogens is 1. The van der Waals surface area contributed by atoms with Crippen LogP contribution in [0.4, 0.5) is 0 Å². The first kappa shape index (κ1) is 18.3. The Morgan fingerprint density at radius 2 is 1.78 bits per heavy atom. The molecule has 1 heterocycles. The molecule has 3 aromatic rings. The van der Waals surface area contributed by atoms with E-state index in [1.807, 2.05) is 0 Å². The van der Waals surface area contributed by atoms with Crippen molar-refractivity contribution in [2.24, 2.45) is 0 Å². The molecule has 0 fully saturated rings. The molecule has 0 spiro atoms. The van der Waals surface area contributed by atoms with Crippen molar-refractivity contribution in [3.8, 4) is 17.2 Å². The Kier molecular flexibility index (Phi) is 5.30. The fraction of sp³-hybridized carbons (Fsp3) is 0.200. The molecule has 3 rings (SSSR count). The van der Waals surface area contributed by atoms with Crippen molar-refractivity contribution < 1.29 is 28.5 Å². The molecule has 7 heteroatoms. The minimum Gasteiger partial charge on any atom is -0.493 e. The van der Waals surface area contributed by atoms with Gasteiger partial charge in [0.1, 0.15) is 5.75 Å². The van der Waals surface area contributed by atoms with Gasteiger partial charge in [-0.15, -0.1) is 0 Å². The number of aromatic amines is 1. The van der Waals surface area contributed by atoms with E-state index < -0.39 is 11.9 Å². The second-order valence-electron chi connectivity index (χ2n) is 5.74. The van der Waals surface area contributed by atoms with Crippen LogP contribution in [0.1, 0.15) is 16.1 Å². The van der Waals surface area contributed by atoms with Crippen molar-refractivity contribution in [3.63, 3.8) is 0 Å². The number of hydrogen-bond donors (Lipinski definition) is 1. The molecule has 0 amide bonds. The number of ether oxygens (including phenoxy) is 4. The van der Waals surface area contributed by atoms with Crippen LogP contribution in [0.15, 0.2) is 42.5 Å². The molecule has 1 N–H and O–H groups in total. The van der Waals surface area contributed by atoms with Gasteiger partial charge in [0.15, 0.2) is 18.1 Å². The molecule has 2 aromatic carbocycles. The summed E-state index contributed by atoms with van der Waals surface area (Å²) in [5.41, 5.74) is 1.84. The van der Waals surface area contributed by atoms with Gasteiger partial charge in [0.2, 0.25) is 0 Å². The van der Waals surface area contributed by atoms with Gasteiger partial charge in [-0.05, 0) is 37.3 Å². The standard InChI is InChI=1S/C20H19NO6/c1-12-19(20(23)25-3)14-10-13(8-9-15(14)21-12)27-18(22)11-26-17-7-5-4-6-16(17)24-2/h4-10,21H,11H2,1-3H3. The summed E-state index contributed by atoms with van der Waals surface area (Å²) in [6.45, 7) is 1.49. The topological polar surface area (TPSA) is 86.9 Å². The zero-order valence-corrected chi connectivity index (χ0v) is 15.2. The van der Waals surface area contributed by atoms with E-state index in [9.17, 15) is 9.59 Å². The van der Waals surface area contributed by atoms with E-state index in [0.29, 0.717) is 33.9 Å². The normalized spacial score (nSPS) is 10.5. The number of fused-ring (bicyclic) bond motifs is 1. The maximum absolute atomic E-state index is 12.1. The first-order chi connectivity index (χ1) is 13.0. The van der Waals surface area contributed by atoms with Crippen molar-refractivity contribution in [1.82, 2.24) is 4.98 Å². The van der Waals surface area contributed by atoms with Gasteiger partial charge in [0.25, 0.3) is 0 Å². The lowest BCUT2D eigenvalue weighted by molar-refractivity contribution is -0.136. The average Bonchev–Trinajstić information content (AvgIpc) is 3.01. The molecule has 7 nitrogen and oxygen atoms in total. The summed E-state index contributed by atoms with van der Waals surface area (Å²) in [6, 6.07) is 12.0. The quantitative estimate of drug-likeness (QED) is 0.530. The summed E-state index contributed by atoms with van der Waals surface area (Å²) in [5.74, 6) is 0.244. The van der Waals surface area contributed by atoms with Gasteiger partial charge in [-0.3, -0.25) is 0 Å². The van der Waals surface area contributed by atoms with Crippen LogP contribution in [0.25, 0.3) is 10.9 Å². The Morgan fingerprint density at radius 3 is 2.48 bits per heavy atom. The molecular weight excluding hydrogens is 350 g/mol. The summed E-state index contributed by atoms with van der Waals surface area (Å²) >= 11 is 0. The third-order valence-electron chi connectivity index (χ3n) is 3.99. The molecule has 0 atom stereocenters. The van der Waals surface area contributed by atoms with E-state index in [1.165, 1.54) is 14.2 Å². The third-order valence-corrected chi connectivity index (χ3v) is 3.99. The summed E-state index contributed by atoms with van der Waals surface area (Å²) < 4.78 is 20.8. The van der Waals surface area contributed by atoms with Crippen molar-refractivity contribution in [2.45, 2.75) is 6.92 Å². The number of hydrogen-bond acceptors (Lipinski definition) is 6. The van der Waals surface area contributed by atoms with E-state index in [2.05, 4.69) is 4.98 Å². The highest BCUT2D eigenvalue weighted by atomic mass is 16.6. The van der Waals surface area contributed by atoms with Crippen LogP contribution in [0, 0.1) is 6.92 Å². The number of nitrogens with one attached hydrogen (secondary N) is 1. The van der Waals surface area contributed by atoms with Gasteiger partial charge in [-0.2, -0.15) is 0 Å². The fourth-order valence-corrected chi connectivity index (χ4v) is 2.77. The van der Waals surface area contributed by atoms with Gasteiger partial charge < -0.3 is 23.9 Å². The molecule has 0 aliphatic carbocycles. The fourth-order valence-electron chi connectivity index (χ4n) is 2.77. The lowest BCUT2D eigenvalue weighted by Crippen LogP contribution is -2.17. The van der Waals surface area contributed by atoms with E-state index >= 15 is 0 Å². The molecule has 27 heavy (non-hydrogen) atoms. The van der Waals surface area contributed by atoms with Crippen molar-refractivity contribution in [3.05, 3.63) is 53.7 Å². The maximum Gasteiger partial charge on any atom is 0.349 e. The number of benzene rings is 2. The number of aryl methyl sites for hydroxylation is 1. The molecule has 0 unspecified atom stereocenters. The predicted molar refractivity (Wildman–Crippen MR) is 98.5 cm³/mol. The highest BCUT2D eigenvalue weighted by Gasteiger charge is 2.18. The summed E-state index contributed by atoms with van der Waals surface area (Å²) in [6.07, 6.45) is 0. The number of esters is 2. The van der Waals surface area contributed by atoms with Gasteiger partial charge in [0.05, 0.1) is 19.8 Å². The monoisotopic (exact) mass is 369 g/mol. The first-order valence-corrected chi connectivity index (χ1v) is 8.20. The highest BCUT2D eigenvalue weighted by molar-refractivity contribution is 6.06. The summed E-state index contributed by atoms with van der Waals surface area (Å²) in [7, 11) is 2.84. The predicted octanol–water partition coefficient (Wildman–Crippen LogP) is 3.26. The van der Waals surface area contributed by atoms with Crippen LogP contribution >= 0.6 is 0 Å². The van der Waals surface area contributed by atoms with Crippen molar-refractivity contribution in [2.75, 3.05) is 20.8 Å². The Labute approximate surface area is 155 Å². The lowest BCUT2D eigenvalue weighted by Gasteiger charge is -2.10. The molecule has 0 saturated carbocycles. The third kappa shape index (κ3) is 3.87. The number of methoxy groups -OCH3 is 2.